The Bertz CT molecular complexity index is 1090. The van der Waals surface area contributed by atoms with Crippen molar-refractivity contribution in [3.63, 3.8) is 0 Å². The number of nitrogens with zero attached hydrogens (tertiary/aromatic N) is 6. The molecule has 32 heavy (non-hydrogen) atoms. The third kappa shape index (κ3) is 4.20. The van der Waals surface area contributed by atoms with Gasteiger partial charge in [0.1, 0.15) is 18.0 Å². The SMILES string of the molecule is Cc1nc([C@@H]2CCN(c3cncnc3)C2)nc2c1CCC(=O)N2CCCc1ccccc1. The molecule has 3 aromatic rings. The minimum Gasteiger partial charge on any atom is -0.368 e. The van der Waals surface area contributed by atoms with Crippen LogP contribution in [0.1, 0.15) is 47.8 Å². The lowest BCUT2D eigenvalue weighted by Gasteiger charge is -2.30. The molecular weight excluding hydrogens is 400 g/mol. The Morgan fingerprint density at radius 3 is 2.69 bits per heavy atom. The van der Waals surface area contributed by atoms with E-state index in [-0.39, 0.29) is 11.8 Å². The highest BCUT2D eigenvalue weighted by molar-refractivity contribution is 5.95. The summed E-state index contributed by atoms with van der Waals surface area (Å²) in [5, 5.41) is 0. The van der Waals surface area contributed by atoms with E-state index in [1.807, 2.05) is 23.4 Å². The number of aromatic nitrogens is 4. The Balaban J connectivity index is 1.34. The lowest BCUT2D eigenvalue weighted by Crippen LogP contribution is -2.38. The molecule has 0 bridgehead atoms. The van der Waals surface area contributed by atoms with E-state index in [1.54, 1.807) is 6.33 Å². The van der Waals surface area contributed by atoms with Crippen LogP contribution in [0.5, 0.6) is 0 Å². The number of amides is 1. The molecule has 0 unspecified atom stereocenters. The molecule has 1 atom stereocenters. The molecule has 1 amide bonds. The molecule has 5 rings (SSSR count). The molecule has 1 fully saturated rings. The van der Waals surface area contributed by atoms with E-state index < -0.39 is 0 Å². The molecule has 7 heteroatoms. The first-order valence-electron chi connectivity index (χ1n) is 11.4. The first-order valence-corrected chi connectivity index (χ1v) is 11.4. The molecule has 0 radical (unpaired) electrons. The van der Waals surface area contributed by atoms with Crippen molar-refractivity contribution in [1.82, 2.24) is 19.9 Å². The van der Waals surface area contributed by atoms with Crippen molar-refractivity contribution in [3.05, 3.63) is 71.7 Å². The van der Waals surface area contributed by atoms with E-state index >= 15 is 0 Å². The number of anilines is 2. The van der Waals surface area contributed by atoms with Gasteiger partial charge in [-0.05, 0) is 38.2 Å². The molecule has 164 valence electrons. The Labute approximate surface area is 188 Å². The Morgan fingerprint density at radius 1 is 1.06 bits per heavy atom. The Morgan fingerprint density at radius 2 is 1.88 bits per heavy atom. The number of hydrogen-bond donors (Lipinski definition) is 0. The highest BCUT2D eigenvalue weighted by atomic mass is 16.2. The topological polar surface area (TPSA) is 75.1 Å². The second-order valence-electron chi connectivity index (χ2n) is 8.63. The number of aryl methyl sites for hydroxylation is 2. The lowest BCUT2D eigenvalue weighted by atomic mass is 10.0. The third-order valence-electron chi connectivity index (χ3n) is 6.51. The van der Waals surface area contributed by atoms with Gasteiger partial charge in [0, 0.05) is 43.2 Å². The summed E-state index contributed by atoms with van der Waals surface area (Å²) in [5.41, 5.74) is 4.46. The number of carbonyl (C=O) groups excluding carboxylic acids is 1. The molecule has 1 aromatic carbocycles. The van der Waals surface area contributed by atoms with Gasteiger partial charge < -0.3 is 4.90 Å². The lowest BCUT2D eigenvalue weighted by molar-refractivity contribution is -0.119. The van der Waals surface area contributed by atoms with E-state index in [0.717, 1.165) is 67.4 Å². The predicted octanol–water partition coefficient (Wildman–Crippen LogP) is 3.48. The van der Waals surface area contributed by atoms with Gasteiger partial charge in [0.15, 0.2) is 0 Å². The molecule has 0 N–H and O–H groups in total. The fourth-order valence-corrected chi connectivity index (χ4v) is 4.76. The maximum atomic E-state index is 12.8. The van der Waals surface area contributed by atoms with Gasteiger partial charge in [-0.2, -0.15) is 0 Å². The smallest absolute Gasteiger partial charge is 0.228 e. The highest BCUT2D eigenvalue weighted by Crippen LogP contribution is 2.33. The molecule has 4 heterocycles. The van der Waals surface area contributed by atoms with Gasteiger partial charge in [0.25, 0.3) is 0 Å². The molecule has 7 nitrogen and oxygen atoms in total. The van der Waals surface area contributed by atoms with E-state index in [9.17, 15) is 4.79 Å². The highest BCUT2D eigenvalue weighted by Gasteiger charge is 2.31. The standard InChI is InChI=1S/C25H28N6O/c1-18-22-9-10-23(32)31(12-5-8-19-6-3-2-4-7-19)25(22)29-24(28-18)20-11-13-30(16-20)21-14-26-17-27-15-21/h2-4,6-7,14-15,17,20H,5,8-13,16H2,1H3/t20-/m1/s1. The van der Waals surface area contributed by atoms with E-state index in [1.165, 1.54) is 5.56 Å². The maximum absolute atomic E-state index is 12.8. The number of fused-ring (bicyclic) bond motifs is 1. The Hall–Kier alpha value is -3.35. The van der Waals surface area contributed by atoms with Crippen LogP contribution < -0.4 is 9.80 Å². The van der Waals surface area contributed by atoms with Gasteiger partial charge in [-0.1, -0.05) is 30.3 Å². The van der Waals surface area contributed by atoms with Crippen molar-refractivity contribution in [1.29, 1.82) is 0 Å². The third-order valence-corrected chi connectivity index (χ3v) is 6.51. The van der Waals surface area contributed by atoms with Crippen molar-refractivity contribution in [2.75, 3.05) is 29.4 Å². The minimum atomic E-state index is 0.170. The summed E-state index contributed by atoms with van der Waals surface area (Å²) in [6, 6.07) is 10.4. The maximum Gasteiger partial charge on any atom is 0.228 e. The molecule has 2 aliphatic heterocycles. The van der Waals surface area contributed by atoms with Crippen LogP contribution in [0, 0.1) is 6.92 Å². The fourth-order valence-electron chi connectivity index (χ4n) is 4.76. The predicted molar refractivity (Wildman–Crippen MR) is 124 cm³/mol. The van der Waals surface area contributed by atoms with Gasteiger partial charge in [-0.3, -0.25) is 9.69 Å². The van der Waals surface area contributed by atoms with Crippen molar-refractivity contribution in [3.8, 4) is 0 Å². The average molecular weight is 429 g/mol. The minimum absolute atomic E-state index is 0.170. The first-order chi connectivity index (χ1) is 15.7. The molecule has 1 saturated heterocycles. The van der Waals surface area contributed by atoms with Crippen LogP contribution in [-0.4, -0.2) is 45.5 Å². The molecule has 2 aromatic heterocycles. The van der Waals surface area contributed by atoms with Gasteiger partial charge >= 0.3 is 0 Å². The van der Waals surface area contributed by atoms with Crippen molar-refractivity contribution in [2.45, 2.75) is 44.9 Å². The molecule has 0 aliphatic carbocycles. The second-order valence-corrected chi connectivity index (χ2v) is 8.63. The fraction of sp³-hybridized carbons (Fsp3) is 0.400. The summed E-state index contributed by atoms with van der Waals surface area (Å²) >= 11 is 0. The largest absolute Gasteiger partial charge is 0.368 e. The summed E-state index contributed by atoms with van der Waals surface area (Å²) in [6.45, 7) is 4.51. The zero-order chi connectivity index (χ0) is 21.9. The number of carbonyl (C=O) groups is 1. The zero-order valence-electron chi connectivity index (χ0n) is 18.4. The summed E-state index contributed by atoms with van der Waals surface area (Å²) in [4.78, 5) is 35.1. The van der Waals surface area contributed by atoms with Crippen LogP contribution in [-0.2, 0) is 17.6 Å². The Kier molecular flexibility index (Phi) is 5.79. The normalized spacial score (nSPS) is 18.2. The van der Waals surface area contributed by atoms with Crippen LogP contribution in [0.2, 0.25) is 0 Å². The van der Waals surface area contributed by atoms with E-state index in [0.29, 0.717) is 13.0 Å². The molecular formula is C25H28N6O. The van der Waals surface area contributed by atoms with E-state index in [2.05, 4.69) is 46.1 Å². The number of hydrogen-bond acceptors (Lipinski definition) is 6. The van der Waals surface area contributed by atoms with Crippen molar-refractivity contribution in [2.24, 2.45) is 0 Å². The van der Waals surface area contributed by atoms with Crippen LogP contribution in [0.25, 0.3) is 0 Å². The van der Waals surface area contributed by atoms with Crippen molar-refractivity contribution < 1.29 is 4.79 Å². The van der Waals surface area contributed by atoms with Crippen LogP contribution in [0.3, 0.4) is 0 Å². The summed E-state index contributed by atoms with van der Waals surface area (Å²) in [7, 11) is 0. The molecule has 0 saturated carbocycles. The quantitative estimate of drug-likeness (QED) is 0.598. The second kappa shape index (κ2) is 9.02. The van der Waals surface area contributed by atoms with Crippen LogP contribution >= 0.6 is 0 Å². The van der Waals surface area contributed by atoms with Gasteiger partial charge in [-0.15, -0.1) is 0 Å². The molecule has 2 aliphatic rings. The van der Waals surface area contributed by atoms with Gasteiger partial charge in [0.05, 0.1) is 18.1 Å². The summed E-state index contributed by atoms with van der Waals surface area (Å²) in [5.74, 6) is 2.09. The molecule has 0 spiro atoms. The zero-order valence-corrected chi connectivity index (χ0v) is 18.4. The summed E-state index contributed by atoms with van der Waals surface area (Å²) < 4.78 is 0. The van der Waals surface area contributed by atoms with Crippen LogP contribution in [0.4, 0.5) is 11.5 Å². The number of benzene rings is 1. The average Bonchev–Trinajstić information content (AvgIpc) is 3.32. The van der Waals surface area contributed by atoms with Gasteiger partial charge in [-0.25, -0.2) is 19.9 Å². The first kappa shape index (κ1) is 20.5. The van der Waals surface area contributed by atoms with Crippen molar-refractivity contribution >= 4 is 17.4 Å². The van der Waals surface area contributed by atoms with Crippen LogP contribution in [0.15, 0.2) is 49.1 Å². The van der Waals surface area contributed by atoms with Gasteiger partial charge in [0.2, 0.25) is 5.91 Å². The monoisotopic (exact) mass is 428 g/mol. The van der Waals surface area contributed by atoms with E-state index in [4.69, 9.17) is 9.97 Å². The number of rotatable bonds is 6. The summed E-state index contributed by atoms with van der Waals surface area (Å²) in [6.07, 6.45) is 9.36.